The third kappa shape index (κ3) is 4.07. The Labute approximate surface area is 189 Å². The first-order valence-corrected chi connectivity index (χ1v) is 12.5. The predicted molar refractivity (Wildman–Crippen MR) is 125 cm³/mol. The number of nitrogens with zero attached hydrogens (tertiary/aromatic N) is 2. The minimum absolute atomic E-state index is 0.127. The predicted octanol–water partition coefficient (Wildman–Crippen LogP) is 4.46. The van der Waals surface area contributed by atoms with Crippen molar-refractivity contribution < 1.29 is 17.9 Å². The Morgan fingerprint density at radius 1 is 1.06 bits per heavy atom. The van der Waals surface area contributed by atoms with Gasteiger partial charge < -0.3 is 4.74 Å². The van der Waals surface area contributed by atoms with E-state index in [1.165, 1.54) is 11.1 Å². The van der Waals surface area contributed by atoms with Crippen LogP contribution in [0.25, 0.3) is 10.9 Å². The van der Waals surface area contributed by atoms with Crippen LogP contribution in [0.15, 0.2) is 65.6 Å². The third-order valence-corrected chi connectivity index (χ3v) is 8.50. The van der Waals surface area contributed by atoms with Crippen molar-refractivity contribution in [2.45, 2.75) is 37.1 Å². The zero-order valence-electron chi connectivity index (χ0n) is 18.8. The maximum atomic E-state index is 13.8. The van der Waals surface area contributed by atoms with Gasteiger partial charge in [-0.1, -0.05) is 49.7 Å². The standard InChI is InChI=1S/C25H30N2O4S/c1-4-18-17-26(2)23(15-20(18)16-25(28)31-3)24-14-19-10-8-9-13-22(19)27(24)32(29,30)21-11-6-5-7-12-21/h5-14,18,20,23H,4,15-17H2,1-3H3/t18-,20-,23+/m1/s1. The van der Waals surface area contributed by atoms with Crippen molar-refractivity contribution in [2.75, 3.05) is 20.7 Å². The molecule has 2 aromatic carbocycles. The number of ether oxygens (including phenoxy) is 1. The monoisotopic (exact) mass is 454 g/mol. The van der Waals surface area contributed by atoms with Crippen LogP contribution in [-0.2, 0) is 19.6 Å². The highest BCUT2D eigenvalue weighted by molar-refractivity contribution is 7.90. The van der Waals surface area contributed by atoms with Gasteiger partial charge in [0.15, 0.2) is 0 Å². The fraction of sp³-hybridized carbons (Fsp3) is 0.400. The lowest BCUT2D eigenvalue weighted by atomic mass is 9.78. The molecule has 3 atom stereocenters. The average molecular weight is 455 g/mol. The third-order valence-electron chi connectivity index (χ3n) is 6.74. The topological polar surface area (TPSA) is 68.6 Å². The Balaban J connectivity index is 1.84. The van der Waals surface area contributed by atoms with E-state index in [0.29, 0.717) is 24.3 Å². The van der Waals surface area contributed by atoms with Gasteiger partial charge in [-0.25, -0.2) is 12.4 Å². The van der Waals surface area contributed by atoms with Crippen molar-refractivity contribution in [2.24, 2.45) is 11.8 Å². The molecule has 1 saturated heterocycles. The number of methoxy groups -OCH3 is 1. The van der Waals surface area contributed by atoms with E-state index in [-0.39, 0.29) is 22.8 Å². The maximum absolute atomic E-state index is 13.8. The second-order valence-corrected chi connectivity index (χ2v) is 10.4. The first-order chi connectivity index (χ1) is 15.4. The second-order valence-electron chi connectivity index (χ2n) is 8.61. The summed E-state index contributed by atoms with van der Waals surface area (Å²) in [5.74, 6) is 0.285. The van der Waals surface area contributed by atoms with Crippen molar-refractivity contribution >= 4 is 26.9 Å². The lowest BCUT2D eigenvalue weighted by molar-refractivity contribution is -0.143. The fourth-order valence-corrected chi connectivity index (χ4v) is 6.60. The van der Waals surface area contributed by atoms with Gasteiger partial charge in [0.05, 0.1) is 29.3 Å². The second kappa shape index (κ2) is 9.08. The summed E-state index contributed by atoms with van der Waals surface area (Å²) in [6, 6.07) is 18.0. The number of hydrogen-bond donors (Lipinski definition) is 0. The van der Waals surface area contributed by atoms with Crippen LogP contribution < -0.4 is 0 Å². The van der Waals surface area contributed by atoms with E-state index >= 15 is 0 Å². The number of piperidine rings is 1. The van der Waals surface area contributed by atoms with Gasteiger partial charge in [0.25, 0.3) is 10.0 Å². The van der Waals surface area contributed by atoms with E-state index in [0.717, 1.165) is 24.0 Å². The normalized spacial score (nSPS) is 22.2. The molecule has 0 unspecified atom stereocenters. The first-order valence-electron chi connectivity index (χ1n) is 11.0. The largest absolute Gasteiger partial charge is 0.469 e. The highest BCUT2D eigenvalue weighted by Gasteiger charge is 2.38. The van der Waals surface area contributed by atoms with Gasteiger partial charge in [-0.2, -0.15) is 0 Å². The number of esters is 1. The number of hydrogen-bond acceptors (Lipinski definition) is 5. The Morgan fingerprint density at radius 2 is 1.75 bits per heavy atom. The number of aromatic nitrogens is 1. The number of benzene rings is 2. The highest BCUT2D eigenvalue weighted by Crippen LogP contribution is 2.41. The van der Waals surface area contributed by atoms with E-state index in [9.17, 15) is 13.2 Å². The molecule has 1 aromatic heterocycles. The molecule has 6 nitrogen and oxygen atoms in total. The van der Waals surface area contributed by atoms with E-state index in [2.05, 4.69) is 11.8 Å². The molecule has 3 aromatic rings. The summed E-state index contributed by atoms with van der Waals surface area (Å²) >= 11 is 0. The molecule has 0 radical (unpaired) electrons. The molecule has 0 amide bonds. The van der Waals surface area contributed by atoms with Crippen LogP contribution in [0.2, 0.25) is 0 Å². The van der Waals surface area contributed by atoms with Crippen LogP contribution in [0.1, 0.15) is 37.9 Å². The molecular formula is C25H30N2O4S. The summed E-state index contributed by atoms with van der Waals surface area (Å²) < 4.78 is 34.0. The van der Waals surface area contributed by atoms with Gasteiger partial charge >= 0.3 is 5.97 Å². The van der Waals surface area contributed by atoms with Crippen molar-refractivity contribution in [3.63, 3.8) is 0 Å². The van der Waals surface area contributed by atoms with Crippen molar-refractivity contribution in [3.05, 3.63) is 66.4 Å². The number of likely N-dealkylation sites (tertiary alicyclic amines) is 1. The van der Waals surface area contributed by atoms with Gasteiger partial charge in [0.2, 0.25) is 0 Å². The van der Waals surface area contributed by atoms with E-state index in [1.54, 1.807) is 24.3 Å². The van der Waals surface area contributed by atoms with E-state index in [4.69, 9.17) is 4.74 Å². The van der Waals surface area contributed by atoms with E-state index in [1.807, 2.05) is 43.4 Å². The zero-order chi connectivity index (χ0) is 22.9. The summed E-state index contributed by atoms with van der Waals surface area (Å²) in [5, 5.41) is 0.887. The minimum atomic E-state index is -3.79. The smallest absolute Gasteiger partial charge is 0.305 e. The van der Waals surface area contributed by atoms with Crippen LogP contribution >= 0.6 is 0 Å². The van der Waals surface area contributed by atoms with E-state index < -0.39 is 10.0 Å². The zero-order valence-corrected chi connectivity index (χ0v) is 19.6. The summed E-state index contributed by atoms with van der Waals surface area (Å²) in [6.45, 7) is 2.94. The molecule has 2 heterocycles. The molecule has 7 heteroatoms. The lowest BCUT2D eigenvalue weighted by Crippen LogP contribution is -2.42. The van der Waals surface area contributed by atoms with Crippen LogP contribution in [0.4, 0.5) is 0 Å². The van der Waals surface area contributed by atoms with Gasteiger partial charge in [0.1, 0.15) is 0 Å². The van der Waals surface area contributed by atoms with Gasteiger partial charge in [-0.05, 0) is 49.6 Å². The molecule has 170 valence electrons. The first kappa shape index (κ1) is 22.6. The molecule has 1 aliphatic heterocycles. The molecule has 0 N–H and O–H groups in total. The number of fused-ring (bicyclic) bond motifs is 1. The molecule has 1 aliphatic rings. The van der Waals surface area contributed by atoms with Crippen LogP contribution in [-0.4, -0.2) is 44.0 Å². The summed E-state index contributed by atoms with van der Waals surface area (Å²) in [4.78, 5) is 14.6. The van der Waals surface area contributed by atoms with Crippen molar-refractivity contribution in [1.82, 2.24) is 8.87 Å². The Morgan fingerprint density at radius 3 is 2.44 bits per heavy atom. The van der Waals surface area contributed by atoms with Crippen LogP contribution in [0, 0.1) is 11.8 Å². The van der Waals surface area contributed by atoms with Gasteiger partial charge in [-0.15, -0.1) is 0 Å². The molecule has 4 rings (SSSR count). The summed E-state index contributed by atoms with van der Waals surface area (Å²) in [7, 11) is -0.334. The molecule has 0 aliphatic carbocycles. The van der Waals surface area contributed by atoms with Crippen molar-refractivity contribution in [3.8, 4) is 0 Å². The van der Waals surface area contributed by atoms with Crippen LogP contribution in [0.3, 0.4) is 0 Å². The Kier molecular flexibility index (Phi) is 6.40. The Hall–Kier alpha value is -2.64. The quantitative estimate of drug-likeness (QED) is 0.515. The lowest BCUT2D eigenvalue weighted by Gasteiger charge is -2.42. The van der Waals surface area contributed by atoms with Crippen LogP contribution in [0.5, 0.6) is 0 Å². The minimum Gasteiger partial charge on any atom is -0.469 e. The fourth-order valence-electron chi connectivity index (χ4n) is 5.01. The molecular weight excluding hydrogens is 424 g/mol. The maximum Gasteiger partial charge on any atom is 0.305 e. The number of para-hydroxylation sites is 1. The Bertz CT molecular complexity index is 1200. The summed E-state index contributed by atoms with van der Waals surface area (Å²) in [6.07, 6.45) is 2.01. The summed E-state index contributed by atoms with van der Waals surface area (Å²) in [5.41, 5.74) is 1.41. The SMILES string of the molecule is CC[C@@H]1CN(C)[C@H](c2cc3ccccc3n2S(=O)(=O)c2ccccc2)C[C@@H]1CC(=O)OC. The van der Waals surface area contributed by atoms with Gasteiger partial charge in [-0.3, -0.25) is 9.69 Å². The van der Waals surface area contributed by atoms with Gasteiger partial charge in [0, 0.05) is 18.4 Å². The number of carbonyl (C=O) groups is 1. The average Bonchev–Trinajstić information content (AvgIpc) is 3.20. The molecule has 0 saturated carbocycles. The molecule has 1 fully saturated rings. The van der Waals surface area contributed by atoms with Crippen molar-refractivity contribution in [1.29, 1.82) is 0 Å². The molecule has 32 heavy (non-hydrogen) atoms. The highest BCUT2D eigenvalue weighted by atomic mass is 32.2. The molecule has 0 bridgehead atoms. The number of rotatable bonds is 6. The molecule has 0 spiro atoms. The number of carbonyl (C=O) groups excluding carboxylic acids is 1.